The summed E-state index contributed by atoms with van der Waals surface area (Å²) in [6, 6.07) is 11.8. The van der Waals surface area contributed by atoms with E-state index in [2.05, 4.69) is 31.9 Å². The van der Waals surface area contributed by atoms with Crippen LogP contribution in [-0.2, 0) is 0 Å². The summed E-state index contributed by atoms with van der Waals surface area (Å²) in [6.45, 7) is 0. The van der Waals surface area contributed by atoms with E-state index in [4.69, 9.17) is 14.2 Å². The minimum Gasteiger partial charge on any atom is -0.497 e. The van der Waals surface area contributed by atoms with Crippen molar-refractivity contribution < 1.29 is 14.2 Å². The van der Waals surface area contributed by atoms with Crippen LogP contribution in [0.1, 0.15) is 16.0 Å². The first-order valence-corrected chi connectivity index (χ1v) is 8.01. The summed E-state index contributed by atoms with van der Waals surface area (Å²) in [6.07, 6.45) is 0. The summed E-state index contributed by atoms with van der Waals surface area (Å²) in [5.74, 6) is 2.22. The summed E-state index contributed by atoms with van der Waals surface area (Å²) < 4.78 is 16.9. The fraction of sp³-hybridized carbons (Fsp3) is 0.250. The molecule has 1 unspecified atom stereocenters. The van der Waals surface area contributed by atoms with E-state index in [1.807, 2.05) is 36.4 Å². The molecule has 0 radical (unpaired) electrons. The van der Waals surface area contributed by atoms with E-state index in [0.29, 0.717) is 11.5 Å². The Morgan fingerprint density at radius 2 is 1.57 bits per heavy atom. The van der Waals surface area contributed by atoms with E-state index in [1.165, 1.54) is 0 Å². The maximum absolute atomic E-state index is 5.37. The van der Waals surface area contributed by atoms with E-state index in [0.717, 1.165) is 21.3 Å². The Balaban J connectivity index is 2.44. The molecule has 3 nitrogen and oxygen atoms in total. The summed E-state index contributed by atoms with van der Waals surface area (Å²) in [7, 11) is 4.91. The third-order valence-corrected chi connectivity index (χ3v) is 4.87. The molecule has 0 spiro atoms. The second kappa shape index (κ2) is 7.18. The molecule has 0 aliphatic heterocycles. The predicted molar refractivity (Wildman–Crippen MR) is 91.0 cm³/mol. The molecule has 0 amide bonds. The maximum atomic E-state index is 5.37. The van der Waals surface area contributed by atoms with Crippen LogP contribution in [-0.4, -0.2) is 21.3 Å². The van der Waals surface area contributed by atoms with E-state index >= 15 is 0 Å². The van der Waals surface area contributed by atoms with Gasteiger partial charge in [-0.2, -0.15) is 0 Å². The van der Waals surface area contributed by atoms with Crippen molar-refractivity contribution in [3.63, 3.8) is 0 Å². The van der Waals surface area contributed by atoms with Crippen molar-refractivity contribution in [2.24, 2.45) is 0 Å². The van der Waals surface area contributed by atoms with E-state index < -0.39 is 0 Å². The summed E-state index contributed by atoms with van der Waals surface area (Å²) in [4.78, 5) is 0.0155. The smallest absolute Gasteiger partial charge is 0.161 e. The number of rotatable bonds is 5. The molecular weight excluding hydrogens is 400 g/mol. The Labute approximate surface area is 141 Å². The molecule has 2 aromatic carbocycles. The average Bonchev–Trinajstić information content (AvgIpc) is 2.53. The first-order valence-electron chi connectivity index (χ1n) is 6.30. The third kappa shape index (κ3) is 3.52. The number of methoxy groups -OCH3 is 3. The van der Waals surface area contributed by atoms with Crippen molar-refractivity contribution in [2.75, 3.05) is 21.3 Å². The number of alkyl halides is 1. The van der Waals surface area contributed by atoms with Crippen LogP contribution in [0.4, 0.5) is 0 Å². The van der Waals surface area contributed by atoms with Gasteiger partial charge in [-0.1, -0.05) is 44.0 Å². The average molecular weight is 416 g/mol. The van der Waals surface area contributed by atoms with Crippen molar-refractivity contribution in [3.05, 3.63) is 52.0 Å². The maximum Gasteiger partial charge on any atom is 0.161 e. The second-order valence-electron chi connectivity index (χ2n) is 4.37. The Kier molecular flexibility index (Phi) is 5.53. The highest BCUT2D eigenvalue weighted by Crippen LogP contribution is 2.41. The van der Waals surface area contributed by atoms with E-state index in [-0.39, 0.29) is 4.83 Å². The van der Waals surface area contributed by atoms with Crippen LogP contribution in [0.5, 0.6) is 17.2 Å². The molecular formula is C16H16Br2O3. The highest BCUT2D eigenvalue weighted by Gasteiger charge is 2.18. The normalized spacial score (nSPS) is 11.9. The Morgan fingerprint density at radius 3 is 2.19 bits per heavy atom. The van der Waals surface area contributed by atoms with Gasteiger partial charge < -0.3 is 14.2 Å². The monoisotopic (exact) mass is 414 g/mol. The molecule has 0 aliphatic rings. The van der Waals surface area contributed by atoms with Crippen LogP contribution in [0, 0.1) is 0 Å². The van der Waals surface area contributed by atoms with Gasteiger partial charge in [0, 0.05) is 4.47 Å². The summed E-state index contributed by atoms with van der Waals surface area (Å²) >= 11 is 7.32. The van der Waals surface area contributed by atoms with E-state index in [1.54, 1.807) is 21.3 Å². The Morgan fingerprint density at radius 1 is 0.905 bits per heavy atom. The van der Waals surface area contributed by atoms with Gasteiger partial charge in [-0.3, -0.25) is 0 Å². The fourth-order valence-corrected chi connectivity index (χ4v) is 3.56. The zero-order valence-corrected chi connectivity index (χ0v) is 15.2. The van der Waals surface area contributed by atoms with Crippen LogP contribution < -0.4 is 14.2 Å². The molecule has 0 N–H and O–H groups in total. The molecule has 0 bridgehead atoms. The molecule has 2 aromatic rings. The zero-order chi connectivity index (χ0) is 15.4. The molecule has 0 heterocycles. The fourth-order valence-electron chi connectivity index (χ4n) is 2.04. The third-order valence-electron chi connectivity index (χ3n) is 3.16. The zero-order valence-electron chi connectivity index (χ0n) is 12.0. The standard InChI is InChI=1S/C16H16Br2O3/c1-19-11-6-4-5-10(7-11)16(18)12-8-14(20-2)15(21-3)9-13(12)17/h4-9,16H,1-3H3. The van der Waals surface area contributed by atoms with Crippen molar-refractivity contribution in [2.45, 2.75) is 4.83 Å². The second-order valence-corrected chi connectivity index (χ2v) is 6.14. The van der Waals surface area contributed by atoms with Gasteiger partial charge in [-0.05, 0) is 35.4 Å². The molecule has 112 valence electrons. The topological polar surface area (TPSA) is 27.7 Å². The van der Waals surface area contributed by atoms with Crippen LogP contribution >= 0.6 is 31.9 Å². The van der Waals surface area contributed by atoms with Gasteiger partial charge in [0.2, 0.25) is 0 Å². The lowest BCUT2D eigenvalue weighted by Crippen LogP contribution is -1.98. The lowest BCUT2D eigenvalue weighted by molar-refractivity contribution is 0.354. The molecule has 0 aromatic heterocycles. The molecule has 2 rings (SSSR count). The van der Waals surface area contributed by atoms with Crippen LogP contribution in [0.15, 0.2) is 40.9 Å². The number of halogens is 2. The van der Waals surface area contributed by atoms with Gasteiger partial charge in [-0.15, -0.1) is 0 Å². The van der Waals surface area contributed by atoms with Gasteiger partial charge in [0.25, 0.3) is 0 Å². The Bertz CT molecular complexity index is 629. The molecule has 1 atom stereocenters. The van der Waals surface area contributed by atoms with Crippen molar-refractivity contribution >= 4 is 31.9 Å². The van der Waals surface area contributed by atoms with Crippen LogP contribution in [0.25, 0.3) is 0 Å². The molecule has 0 saturated heterocycles. The highest BCUT2D eigenvalue weighted by atomic mass is 79.9. The first kappa shape index (κ1) is 16.2. The highest BCUT2D eigenvalue weighted by molar-refractivity contribution is 9.11. The molecule has 21 heavy (non-hydrogen) atoms. The summed E-state index contributed by atoms with van der Waals surface area (Å²) in [5, 5.41) is 0. The van der Waals surface area contributed by atoms with Crippen LogP contribution in [0.2, 0.25) is 0 Å². The SMILES string of the molecule is COc1cccc(C(Br)c2cc(OC)c(OC)cc2Br)c1. The molecule has 0 saturated carbocycles. The number of ether oxygens (including phenoxy) is 3. The van der Waals surface area contributed by atoms with Crippen molar-refractivity contribution in [1.82, 2.24) is 0 Å². The van der Waals surface area contributed by atoms with E-state index in [9.17, 15) is 0 Å². The quantitative estimate of drug-likeness (QED) is 0.646. The van der Waals surface area contributed by atoms with Crippen LogP contribution in [0.3, 0.4) is 0 Å². The lowest BCUT2D eigenvalue weighted by Gasteiger charge is -2.17. The number of hydrogen-bond acceptors (Lipinski definition) is 3. The minimum atomic E-state index is 0.0155. The minimum absolute atomic E-state index is 0.0155. The van der Waals surface area contributed by atoms with Gasteiger partial charge >= 0.3 is 0 Å². The molecule has 0 fully saturated rings. The molecule has 0 aliphatic carbocycles. The molecule has 5 heteroatoms. The van der Waals surface area contributed by atoms with Gasteiger partial charge in [-0.25, -0.2) is 0 Å². The summed E-state index contributed by atoms with van der Waals surface area (Å²) in [5.41, 5.74) is 2.16. The predicted octanol–water partition coefficient (Wildman–Crippen LogP) is 4.96. The first-order chi connectivity index (χ1) is 10.1. The largest absolute Gasteiger partial charge is 0.497 e. The van der Waals surface area contributed by atoms with Crippen molar-refractivity contribution in [1.29, 1.82) is 0 Å². The van der Waals surface area contributed by atoms with Gasteiger partial charge in [0.1, 0.15) is 5.75 Å². The number of hydrogen-bond donors (Lipinski definition) is 0. The van der Waals surface area contributed by atoms with Gasteiger partial charge in [0.05, 0.1) is 26.2 Å². The van der Waals surface area contributed by atoms with Gasteiger partial charge in [0.15, 0.2) is 11.5 Å². The van der Waals surface area contributed by atoms with Crippen molar-refractivity contribution in [3.8, 4) is 17.2 Å². The Hall–Kier alpha value is -1.20. The lowest BCUT2D eigenvalue weighted by atomic mass is 10.0. The number of benzene rings is 2.